The van der Waals surface area contributed by atoms with Gasteiger partial charge in [-0.1, -0.05) is 30.3 Å². The van der Waals surface area contributed by atoms with E-state index < -0.39 is 33.5 Å². The van der Waals surface area contributed by atoms with Crippen LogP contribution >= 0.6 is 0 Å². The Balaban J connectivity index is 2.25. The molecule has 174 valence electrons. The van der Waals surface area contributed by atoms with Crippen molar-refractivity contribution in [3.63, 3.8) is 0 Å². The summed E-state index contributed by atoms with van der Waals surface area (Å²) in [7, 11) is -1.58. The number of rotatable bonds is 6. The van der Waals surface area contributed by atoms with Gasteiger partial charge in [-0.15, -0.1) is 4.36 Å². The molecule has 0 fully saturated rings. The van der Waals surface area contributed by atoms with Gasteiger partial charge < -0.3 is 13.9 Å². The number of benzene rings is 2. The lowest BCUT2D eigenvalue weighted by atomic mass is 9.99. The number of hydrogen-bond acceptors (Lipinski definition) is 6. The van der Waals surface area contributed by atoms with E-state index in [9.17, 15) is 27.0 Å². The van der Waals surface area contributed by atoms with Gasteiger partial charge in [-0.3, -0.25) is 4.79 Å². The molecule has 0 aliphatic carbocycles. The van der Waals surface area contributed by atoms with Crippen molar-refractivity contribution in [3.8, 4) is 16.9 Å². The standard InChI is InChI=1S/C22H18F3NO6S/c1-30-19-17(14-10-11-32-12-14)9-8-15(18(19)20(27)31-2)13-33(29,16-6-4-3-5-7-16)26-21(28)22(23,24)25/h3-12H,13H2,1-2H3. The molecule has 1 unspecified atom stereocenters. The Morgan fingerprint density at radius 1 is 1.06 bits per heavy atom. The molecule has 1 atom stereocenters. The van der Waals surface area contributed by atoms with Crippen molar-refractivity contribution in [3.05, 3.63) is 72.2 Å². The summed E-state index contributed by atoms with van der Waals surface area (Å²) in [5, 5.41) is 0. The molecular weight excluding hydrogens is 463 g/mol. The first-order chi connectivity index (χ1) is 15.6. The number of furan rings is 1. The molecule has 0 saturated heterocycles. The Bertz CT molecular complexity index is 1280. The number of amides is 1. The quantitative estimate of drug-likeness (QED) is 0.467. The molecule has 0 saturated carbocycles. The minimum atomic E-state index is -5.31. The molecule has 11 heteroatoms. The van der Waals surface area contributed by atoms with Gasteiger partial charge in [-0.2, -0.15) is 13.2 Å². The van der Waals surface area contributed by atoms with Crippen molar-refractivity contribution in [1.82, 2.24) is 0 Å². The predicted molar refractivity (Wildman–Crippen MR) is 112 cm³/mol. The molecule has 0 radical (unpaired) electrons. The van der Waals surface area contributed by atoms with Crippen LogP contribution in [0.1, 0.15) is 15.9 Å². The maximum Gasteiger partial charge on any atom is 0.474 e. The smallest absolute Gasteiger partial charge is 0.474 e. The molecule has 0 aliphatic heterocycles. The molecule has 3 aromatic rings. The zero-order chi connectivity index (χ0) is 24.2. The summed E-state index contributed by atoms with van der Waals surface area (Å²) in [6.45, 7) is 0. The van der Waals surface area contributed by atoms with Crippen LogP contribution in [0.15, 0.2) is 74.7 Å². The van der Waals surface area contributed by atoms with E-state index in [4.69, 9.17) is 13.9 Å². The first-order valence-electron chi connectivity index (χ1n) is 9.32. The van der Waals surface area contributed by atoms with Crippen LogP contribution in [-0.4, -0.2) is 36.5 Å². The van der Waals surface area contributed by atoms with E-state index >= 15 is 0 Å². The highest BCUT2D eigenvalue weighted by Gasteiger charge is 2.40. The third-order valence-electron chi connectivity index (χ3n) is 4.61. The first-order valence-corrected chi connectivity index (χ1v) is 11.0. The van der Waals surface area contributed by atoms with Crippen LogP contribution in [-0.2, 0) is 25.0 Å². The Kier molecular flexibility index (Phi) is 6.92. The number of halogens is 3. The van der Waals surface area contributed by atoms with Gasteiger partial charge in [-0.05, 0) is 23.8 Å². The van der Waals surface area contributed by atoms with E-state index in [-0.39, 0.29) is 21.8 Å². The second kappa shape index (κ2) is 9.49. The Labute approximate surface area is 187 Å². The van der Waals surface area contributed by atoms with Crippen molar-refractivity contribution in [2.45, 2.75) is 16.8 Å². The van der Waals surface area contributed by atoms with Crippen molar-refractivity contribution in [1.29, 1.82) is 0 Å². The molecule has 2 aromatic carbocycles. The van der Waals surface area contributed by atoms with Crippen molar-refractivity contribution >= 4 is 21.6 Å². The van der Waals surface area contributed by atoms with Gasteiger partial charge in [0.05, 0.1) is 42.2 Å². The predicted octanol–water partition coefficient (Wildman–Crippen LogP) is 4.86. The fourth-order valence-corrected chi connectivity index (χ4v) is 5.08. The number of methoxy groups -OCH3 is 2. The largest absolute Gasteiger partial charge is 0.495 e. The molecule has 33 heavy (non-hydrogen) atoms. The molecule has 1 aromatic heterocycles. The van der Waals surface area contributed by atoms with E-state index in [1.165, 1.54) is 56.0 Å². The molecule has 1 amide bonds. The van der Waals surface area contributed by atoms with E-state index in [0.717, 1.165) is 7.11 Å². The normalized spacial score (nSPS) is 13.1. The molecule has 0 aliphatic rings. The summed E-state index contributed by atoms with van der Waals surface area (Å²) < 4.78 is 70.9. The lowest BCUT2D eigenvalue weighted by Gasteiger charge is -2.18. The van der Waals surface area contributed by atoms with Crippen LogP contribution in [0.3, 0.4) is 0 Å². The number of alkyl halides is 3. The van der Waals surface area contributed by atoms with Crippen LogP contribution in [0.25, 0.3) is 11.1 Å². The molecule has 0 bridgehead atoms. The maximum atomic E-state index is 13.7. The van der Waals surface area contributed by atoms with Crippen LogP contribution < -0.4 is 4.74 Å². The average Bonchev–Trinajstić information content (AvgIpc) is 3.32. The van der Waals surface area contributed by atoms with Gasteiger partial charge in [-0.25, -0.2) is 9.00 Å². The highest BCUT2D eigenvalue weighted by molar-refractivity contribution is 7.93. The highest BCUT2D eigenvalue weighted by Crippen LogP contribution is 2.37. The van der Waals surface area contributed by atoms with E-state index in [0.29, 0.717) is 11.1 Å². The van der Waals surface area contributed by atoms with Gasteiger partial charge in [0.2, 0.25) is 0 Å². The lowest BCUT2D eigenvalue weighted by Crippen LogP contribution is -2.23. The lowest BCUT2D eigenvalue weighted by molar-refractivity contribution is -0.169. The van der Waals surface area contributed by atoms with Gasteiger partial charge in [0, 0.05) is 16.0 Å². The Morgan fingerprint density at radius 3 is 2.30 bits per heavy atom. The summed E-state index contributed by atoms with van der Waals surface area (Å²) in [5.41, 5.74) is 0.865. The van der Waals surface area contributed by atoms with Gasteiger partial charge in [0.1, 0.15) is 11.3 Å². The Morgan fingerprint density at radius 2 is 1.76 bits per heavy atom. The zero-order valence-corrected chi connectivity index (χ0v) is 18.2. The van der Waals surface area contributed by atoms with Crippen molar-refractivity contribution in [2.24, 2.45) is 4.36 Å². The fourth-order valence-electron chi connectivity index (χ4n) is 3.12. The molecule has 0 spiro atoms. The third kappa shape index (κ3) is 5.08. The SMILES string of the molecule is COC(=O)c1c(CS(=O)(=NC(=O)C(F)(F)F)c2ccccc2)ccc(-c2ccoc2)c1OC. The van der Waals surface area contributed by atoms with Crippen LogP contribution in [0.2, 0.25) is 0 Å². The van der Waals surface area contributed by atoms with Gasteiger partial charge in [0.25, 0.3) is 0 Å². The van der Waals surface area contributed by atoms with E-state index in [1.807, 2.05) is 0 Å². The second-order valence-corrected chi connectivity index (χ2v) is 8.90. The van der Waals surface area contributed by atoms with E-state index in [2.05, 4.69) is 4.36 Å². The van der Waals surface area contributed by atoms with Crippen molar-refractivity contribution < 1.29 is 40.9 Å². The number of carbonyl (C=O) groups is 2. The second-order valence-electron chi connectivity index (χ2n) is 6.68. The summed E-state index contributed by atoms with van der Waals surface area (Å²) in [6.07, 6.45) is -2.50. The topological polar surface area (TPSA) is 95.2 Å². The zero-order valence-electron chi connectivity index (χ0n) is 17.4. The minimum Gasteiger partial charge on any atom is -0.495 e. The maximum absolute atomic E-state index is 13.7. The Hall–Kier alpha value is -3.60. The molecular formula is C22H18F3NO6S. The fraction of sp³-hybridized carbons (Fsp3) is 0.182. The summed E-state index contributed by atoms with van der Waals surface area (Å²) in [5.74, 6) is -3.99. The van der Waals surface area contributed by atoms with Crippen LogP contribution in [0.5, 0.6) is 5.75 Å². The number of esters is 1. The highest BCUT2D eigenvalue weighted by atomic mass is 32.2. The van der Waals surface area contributed by atoms with Crippen molar-refractivity contribution in [2.75, 3.05) is 14.2 Å². The number of hydrogen-bond donors (Lipinski definition) is 0. The average molecular weight is 481 g/mol. The van der Waals surface area contributed by atoms with Gasteiger partial charge in [0.15, 0.2) is 0 Å². The van der Waals surface area contributed by atoms with E-state index in [1.54, 1.807) is 12.1 Å². The number of ether oxygens (including phenoxy) is 2. The summed E-state index contributed by atoms with van der Waals surface area (Å²) >= 11 is 0. The molecule has 0 N–H and O–H groups in total. The minimum absolute atomic E-state index is 0.0264. The monoisotopic (exact) mass is 481 g/mol. The number of nitrogens with zero attached hydrogens (tertiary/aromatic N) is 1. The number of carbonyl (C=O) groups excluding carboxylic acids is 2. The molecule has 3 rings (SSSR count). The van der Waals surface area contributed by atoms with Crippen LogP contribution in [0, 0.1) is 0 Å². The third-order valence-corrected chi connectivity index (χ3v) is 6.78. The summed E-state index contributed by atoms with van der Waals surface area (Å²) in [6, 6.07) is 11.6. The molecule has 7 nitrogen and oxygen atoms in total. The first kappa shape index (κ1) is 24.1. The summed E-state index contributed by atoms with van der Waals surface area (Å²) in [4.78, 5) is 24.2. The van der Waals surface area contributed by atoms with Crippen LogP contribution in [0.4, 0.5) is 13.2 Å². The van der Waals surface area contributed by atoms with Gasteiger partial charge >= 0.3 is 18.1 Å². The molecule has 1 heterocycles.